The zero-order chi connectivity index (χ0) is 18.6. The monoisotopic (exact) mass is 369 g/mol. The van der Waals surface area contributed by atoms with Crippen LogP contribution in [0.4, 0.5) is 10.1 Å². The number of rotatable bonds is 5. The number of hydrogen-bond donors (Lipinski definition) is 1. The van der Waals surface area contributed by atoms with Crippen molar-refractivity contribution in [3.63, 3.8) is 0 Å². The van der Waals surface area contributed by atoms with E-state index in [0.717, 1.165) is 44.9 Å². The minimum Gasteiger partial charge on any atom is -0.379 e. The van der Waals surface area contributed by atoms with Crippen molar-refractivity contribution in [3.05, 3.63) is 53.8 Å². The molecule has 0 bridgehead atoms. The van der Waals surface area contributed by atoms with Gasteiger partial charge in [0, 0.05) is 30.9 Å². The van der Waals surface area contributed by atoms with Gasteiger partial charge in [0.2, 0.25) is 0 Å². The Morgan fingerprint density at radius 1 is 1.11 bits per heavy atom. The predicted octanol–water partition coefficient (Wildman–Crippen LogP) is 2.15. The third kappa shape index (κ3) is 4.12. The summed E-state index contributed by atoms with van der Waals surface area (Å²) >= 11 is 0. The number of fused-ring (bicyclic) bond motifs is 1. The van der Waals surface area contributed by atoms with Crippen molar-refractivity contribution in [2.75, 3.05) is 38.2 Å². The summed E-state index contributed by atoms with van der Waals surface area (Å²) in [6.07, 6.45) is 0. The molecule has 1 fully saturated rings. The van der Waals surface area contributed by atoms with Gasteiger partial charge in [-0.15, -0.1) is 5.10 Å². The molecular weight excluding hydrogens is 349 g/mol. The summed E-state index contributed by atoms with van der Waals surface area (Å²) in [5.41, 5.74) is 2.58. The van der Waals surface area contributed by atoms with Gasteiger partial charge in [0.05, 0.1) is 25.3 Å². The lowest BCUT2D eigenvalue weighted by atomic mass is 10.2. The third-order valence-corrected chi connectivity index (χ3v) is 4.61. The molecule has 0 spiro atoms. The minimum absolute atomic E-state index is 0.272. The van der Waals surface area contributed by atoms with E-state index in [1.54, 1.807) is 12.1 Å². The number of nitrogens with zero attached hydrogens (tertiary/aromatic N) is 4. The second-order valence-electron chi connectivity index (χ2n) is 6.43. The molecule has 1 saturated heterocycles. The first-order chi connectivity index (χ1) is 13.2. The Labute approximate surface area is 155 Å². The van der Waals surface area contributed by atoms with Gasteiger partial charge in [-0.25, -0.2) is 9.07 Å². The fourth-order valence-electron chi connectivity index (χ4n) is 3.08. The number of nitrogens with one attached hydrogen (secondary N) is 1. The van der Waals surface area contributed by atoms with Crippen molar-refractivity contribution in [3.8, 4) is 0 Å². The lowest BCUT2D eigenvalue weighted by Crippen LogP contribution is -2.38. The highest BCUT2D eigenvalue weighted by molar-refractivity contribution is 6.05. The molecule has 3 aromatic rings. The minimum atomic E-state index is -0.344. The van der Waals surface area contributed by atoms with Gasteiger partial charge in [-0.2, -0.15) is 0 Å². The van der Waals surface area contributed by atoms with Gasteiger partial charge < -0.3 is 10.1 Å². The van der Waals surface area contributed by atoms with Crippen molar-refractivity contribution in [2.45, 2.75) is 6.54 Å². The van der Waals surface area contributed by atoms with Crippen LogP contribution in [0.1, 0.15) is 10.4 Å². The summed E-state index contributed by atoms with van der Waals surface area (Å²) in [7, 11) is 0. The van der Waals surface area contributed by atoms with Crippen molar-refractivity contribution in [1.29, 1.82) is 0 Å². The molecule has 0 unspecified atom stereocenters. The summed E-state index contributed by atoms with van der Waals surface area (Å²) in [5, 5.41) is 11.1. The zero-order valence-electron chi connectivity index (χ0n) is 14.8. The number of morpholine rings is 1. The lowest BCUT2D eigenvalue weighted by molar-refractivity contribution is 0.0360. The van der Waals surface area contributed by atoms with Crippen LogP contribution in [0.15, 0.2) is 42.5 Å². The Morgan fingerprint density at radius 2 is 1.89 bits per heavy atom. The smallest absolute Gasteiger partial charge is 0.255 e. The lowest BCUT2D eigenvalue weighted by Gasteiger charge is -2.26. The number of halogens is 1. The largest absolute Gasteiger partial charge is 0.379 e. The number of amides is 1. The molecule has 0 saturated carbocycles. The van der Waals surface area contributed by atoms with Gasteiger partial charge in [0.25, 0.3) is 5.91 Å². The Bertz CT molecular complexity index is 935. The summed E-state index contributed by atoms with van der Waals surface area (Å²) in [6.45, 7) is 5.02. The second kappa shape index (κ2) is 7.81. The summed E-state index contributed by atoms with van der Waals surface area (Å²) in [6, 6.07) is 11.0. The first kappa shape index (κ1) is 17.6. The van der Waals surface area contributed by atoms with E-state index < -0.39 is 0 Å². The molecule has 1 N–H and O–H groups in total. The van der Waals surface area contributed by atoms with Gasteiger partial charge in [-0.1, -0.05) is 5.21 Å². The van der Waals surface area contributed by atoms with E-state index in [0.29, 0.717) is 16.8 Å². The summed E-state index contributed by atoms with van der Waals surface area (Å²) < 4.78 is 20.2. The standard InChI is InChI=1S/C19H20FN5O2/c20-15-2-4-16(5-3-15)21-19(26)14-1-6-18-17(13-14)22-23-25(18)8-7-24-9-11-27-12-10-24/h1-6,13H,7-12H2,(H,21,26). The van der Waals surface area contributed by atoms with E-state index in [2.05, 4.69) is 20.5 Å². The van der Waals surface area contributed by atoms with Crippen LogP contribution in [0.3, 0.4) is 0 Å². The maximum Gasteiger partial charge on any atom is 0.255 e. The second-order valence-corrected chi connectivity index (χ2v) is 6.43. The fraction of sp³-hybridized carbons (Fsp3) is 0.316. The maximum absolute atomic E-state index is 13.0. The SMILES string of the molecule is O=C(Nc1ccc(F)cc1)c1ccc2c(c1)nnn2CCN1CCOCC1. The molecule has 4 rings (SSSR count). The Balaban J connectivity index is 1.44. The van der Waals surface area contributed by atoms with E-state index in [1.165, 1.54) is 24.3 Å². The Morgan fingerprint density at radius 3 is 2.67 bits per heavy atom. The molecule has 0 radical (unpaired) electrons. The van der Waals surface area contributed by atoms with Crippen LogP contribution < -0.4 is 5.32 Å². The Hall–Kier alpha value is -2.84. The van der Waals surface area contributed by atoms with Crippen LogP contribution in [0.2, 0.25) is 0 Å². The van der Waals surface area contributed by atoms with Crippen molar-refractivity contribution >= 4 is 22.6 Å². The number of aromatic nitrogens is 3. The number of ether oxygens (including phenoxy) is 1. The van der Waals surface area contributed by atoms with Crippen LogP contribution in [0, 0.1) is 5.82 Å². The van der Waals surface area contributed by atoms with Gasteiger partial charge >= 0.3 is 0 Å². The number of anilines is 1. The van der Waals surface area contributed by atoms with Crippen LogP contribution >= 0.6 is 0 Å². The average molecular weight is 369 g/mol. The highest BCUT2D eigenvalue weighted by atomic mass is 19.1. The Kier molecular flexibility index (Phi) is 5.08. The van der Waals surface area contributed by atoms with Crippen molar-refractivity contribution in [2.24, 2.45) is 0 Å². The van der Waals surface area contributed by atoms with E-state index >= 15 is 0 Å². The van der Waals surface area contributed by atoms with Gasteiger partial charge in [-0.05, 0) is 42.5 Å². The van der Waals surface area contributed by atoms with Crippen molar-refractivity contribution < 1.29 is 13.9 Å². The van der Waals surface area contributed by atoms with Gasteiger partial charge in [-0.3, -0.25) is 9.69 Å². The first-order valence-electron chi connectivity index (χ1n) is 8.89. The molecule has 1 aliphatic heterocycles. The third-order valence-electron chi connectivity index (χ3n) is 4.61. The highest BCUT2D eigenvalue weighted by Crippen LogP contribution is 2.16. The molecule has 2 aromatic carbocycles. The summed E-state index contributed by atoms with van der Waals surface area (Å²) in [4.78, 5) is 14.7. The zero-order valence-corrected chi connectivity index (χ0v) is 14.8. The molecule has 1 amide bonds. The number of hydrogen-bond acceptors (Lipinski definition) is 5. The average Bonchev–Trinajstić information content (AvgIpc) is 3.11. The molecular formula is C19H20FN5O2. The fourth-order valence-corrected chi connectivity index (χ4v) is 3.08. The maximum atomic E-state index is 13.0. The predicted molar refractivity (Wildman–Crippen MR) is 99.1 cm³/mol. The first-order valence-corrected chi connectivity index (χ1v) is 8.89. The molecule has 0 aliphatic carbocycles. The molecule has 1 aliphatic rings. The molecule has 1 aromatic heterocycles. The van der Waals surface area contributed by atoms with E-state index in [1.807, 2.05) is 10.7 Å². The number of carbonyl (C=O) groups is 1. The number of carbonyl (C=O) groups excluding carboxylic acids is 1. The van der Waals surface area contributed by atoms with Crippen molar-refractivity contribution in [1.82, 2.24) is 19.9 Å². The molecule has 8 heteroatoms. The quantitative estimate of drug-likeness (QED) is 0.746. The van der Waals surface area contributed by atoms with E-state index in [4.69, 9.17) is 4.74 Å². The number of benzene rings is 2. The molecule has 7 nitrogen and oxygen atoms in total. The summed E-state index contributed by atoms with van der Waals surface area (Å²) in [5.74, 6) is -0.616. The molecule has 140 valence electrons. The normalized spacial score (nSPS) is 15.1. The van der Waals surface area contributed by atoms with Crippen LogP contribution in [-0.2, 0) is 11.3 Å². The molecule has 0 atom stereocenters. The molecule has 2 heterocycles. The molecule has 27 heavy (non-hydrogen) atoms. The van der Waals surface area contributed by atoms with Gasteiger partial charge in [0.1, 0.15) is 11.3 Å². The highest BCUT2D eigenvalue weighted by Gasteiger charge is 2.13. The van der Waals surface area contributed by atoms with Crippen LogP contribution in [0.5, 0.6) is 0 Å². The topological polar surface area (TPSA) is 72.3 Å². The van der Waals surface area contributed by atoms with Gasteiger partial charge in [0.15, 0.2) is 0 Å². The van der Waals surface area contributed by atoms with E-state index in [-0.39, 0.29) is 11.7 Å². The van der Waals surface area contributed by atoms with Crippen LogP contribution in [-0.4, -0.2) is 58.6 Å². The van der Waals surface area contributed by atoms with Crippen LogP contribution in [0.25, 0.3) is 11.0 Å². The van der Waals surface area contributed by atoms with E-state index in [9.17, 15) is 9.18 Å².